The zero-order chi connectivity index (χ0) is 14.8. The van der Waals surface area contributed by atoms with E-state index in [1.807, 2.05) is 0 Å². The maximum atomic E-state index is 12.4. The number of rotatable bonds is 6. The van der Waals surface area contributed by atoms with Crippen molar-refractivity contribution in [1.82, 2.24) is 5.32 Å². The van der Waals surface area contributed by atoms with Crippen molar-refractivity contribution in [3.8, 4) is 5.75 Å². The van der Waals surface area contributed by atoms with Crippen LogP contribution in [0.2, 0.25) is 0 Å². The van der Waals surface area contributed by atoms with Crippen LogP contribution >= 0.6 is 0 Å². The molecule has 1 aromatic rings. The van der Waals surface area contributed by atoms with Crippen molar-refractivity contribution in [2.24, 2.45) is 17.6 Å². The average molecular weight is 288 g/mol. The number of nitrogens with two attached hydrogens (primary N) is 1. The van der Waals surface area contributed by atoms with E-state index in [4.69, 9.17) is 5.73 Å². The van der Waals surface area contributed by atoms with Gasteiger partial charge in [-0.15, -0.1) is 13.2 Å². The number of hydrogen-bond donors (Lipinski definition) is 2. The summed E-state index contributed by atoms with van der Waals surface area (Å²) in [6, 6.07) is 5.79. The quantitative estimate of drug-likeness (QED) is 0.846. The van der Waals surface area contributed by atoms with Gasteiger partial charge in [-0.2, -0.15) is 0 Å². The molecule has 0 amide bonds. The third-order valence-electron chi connectivity index (χ3n) is 3.66. The lowest BCUT2D eigenvalue weighted by Gasteiger charge is -2.21. The highest BCUT2D eigenvalue weighted by Crippen LogP contribution is 2.37. The van der Waals surface area contributed by atoms with Crippen LogP contribution in [0.15, 0.2) is 24.3 Å². The third-order valence-corrected chi connectivity index (χ3v) is 3.66. The van der Waals surface area contributed by atoms with E-state index in [2.05, 4.69) is 17.0 Å². The number of para-hydroxylation sites is 1. The molecule has 3 nitrogen and oxygen atoms in total. The van der Waals surface area contributed by atoms with Gasteiger partial charge in [-0.3, -0.25) is 0 Å². The van der Waals surface area contributed by atoms with Gasteiger partial charge in [0.05, 0.1) is 0 Å². The van der Waals surface area contributed by atoms with Crippen LogP contribution in [0, 0.1) is 11.8 Å². The van der Waals surface area contributed by atoms with Gasteiger partial charge in [-0.25, -0.2) is 0 Å². The molecule has 1 fully saturated rings. The Bertz CT molecular complexity index is 450. The first-order chi connectivity index (χ1) is 9.40. The van der Waals surface area contributed by atoms with E-state index in [0.717, 1.165) is 13.0 Å². The van der Waals surface area contributed by atoms with E-state index < -0.39 is 6.36 Å². The van der Waals surface area contributed by atoms with Gasteiger partial charge in [0.15, 0.2) is 0 Å². The topological polar surface area (TPSA) is 47.3 Å². The van der Waals surface area contributed by atoms with Crippen LogP contribution in [0.5, 0.6) is 5.75 Å². The zero-order valence-corrected chi connectivity index (χ0v) is 11.3. The van der Waals surface area contributed by atoms with Gasteiger partial charge in [-0.1, -0.05) is 25.1 Å². The lowest BCUT2D eigenvalue weighted by atomic mass is 10.1. The molecule has 1 saturated carbocycles. The average Bonchev–Trinajstić information content (AvgIpc) is 3.06. The Labute approximate surface area is 116 Å². The standard InChI is InChI=1S/C14H19F3N2O/c1-9-6-10(9)8-19-12(7-18)11-4-2-3-5-13(11)20-14(15,16)17/h2-5,9-10,12,19H,6-8,18H2,1H3. The van der Waals surface area contributed by atoms with Crippen molar-refractivity contribution in [1.29, 1.82) is 0 Å². The summed E-state index contributed by atoms with van der Waals surface area (Å²) in [6.45, 7) is 3.15. The number of ether oxygens (including phenoxy) is 1. The number of nitrogens with one attached hydrogen (secondary N) is 1. The normalized spacial score (nSPS) is 23.4. The van der Waals surface area contributed by atoms with E-state index in [1.165, 1.54) is 12.1 Å². The molecule has 2 rings (SSSR count). The highest BCUT2D eigenvalue weighted by molar-refractivity contribution is 5.36. The molecule has 0 saturated heterocycles. The molecule has 3 N–H and O–H groups in total. The largest absolute Gasteiger partial charge is 0.573 e. The van der Waals surface area contributed by atoms with Crippen LogP contribution in [0.4, 0.5) is 13.2 Å². The molecule has 3 unspecified atom stereocenters. The minimum absolute atomic E-state index is 0.188. The molecule has 1 aliphatic rings. The van der Waals surface area contributed by atoms with Crippen molar-refractivity contribution in [3.63, 3.8) is 0 Å². The second-order valence-corrected chi connectivity index (χ2v) is 5.26. The molecule has 0 heterocycles. The first-order valence-electron chi connectivity index (χ1n) is 6.69. The molecule has 0 aliphatic heterocycles. The monoisotopic (exact) mass is 288 g/mol. The summed E-state index contributed by atoms with van der Waals surface area (Å²) in [5.74, 6) is 1.09. The Morgan fingerprint density at radius 1 is 1.40 bits per heavy atom. The number of benzene rings is 1. The molecule has 1 aromatic carbocycles. The fraction of sp³-hybridized carbons (Fsp3) is 0.571. The Morgan fingerprint density at radius 3 is 2.60 bits per heavy atom. The first kappa shape index (κ1) is 15.1. The lowest BCUT2D eigenvalue weighted by molar-refractivity contribution is -0.275. The first-order valence-corrected chi connectivity index (χ1v) is 6.69. The summed E-state index contributed by atoms with van der Waals surface area (Å²) in [6.07, 6.45) is -3.54. The maximum absolute atomic E-state index is 12.4. The second-order valence-electron chi connectivity index (χ2n) is 5.26. The van der Waals surface area contributed by atoms with Gasteiger partial charge in [0.25, 0.3) is 0 Å². The molecular weight excluding hydrogens is 269 g/mol. The number of hydrogen-bond acceptors (Lipinski definition) is 3. The second kappa shape index (κ2) is 6.01. The molecule has 20 heavy (non-hydrogen) atoms. The smallest absolute Gasteiger partial charge is 0.405 e. The van der Waals surface area contributed by atoms with E-state index in [0.29, 0.717) is 17.4 Å². The fourth-order valence-corrected chi connectivity index (χ4v) is 2.28. The van der Waals surface area contributed by atoms with Crippen molar-refractivity contribution >= 4 is 0 Å². The van der Waals surface area contributed by atoms with Gasteiger partial charge >= 0.3 is 6.36 Å². The lowest BCUT2D eigenvalue weighted by Crippen LogP contribution is -2.31. The minimum atomic E-state index is -4.69. The van der Waals surface area contributed by atoms with E-state index in [-0.39, 0.29) is 18.3 Å². The number of halogens is 3. The Morgan fingerprint density at radius 2 is 2.05 bits per heavy atom. The molecule has 0 radical (unpaired) electrons. The van der Waals surface area contributed by atoms with Crippen LogP contribution in [0.3, 0.4) is 0 Å². The molecule has 0 spiro atoms. The predicted octanol–water partition coefficient (Wildman–Crippen LogP) is 2.83. The Kier molecular flexibility index (Phi) is 4.55. The number of alkyl halides is 3. The Balaban J connectivity index is 2.07. The van der Waals surface area contributed by atoms with Crippen molar-refractivity contribution < 1.29 is 17.9 Å². The fourth-order valence-electron chi connectivity index (χ4n) is 2.28. The third kappa shape index (κ3) is 4.11. The van der Waals surface area contributed by atoms with Gasteiger partial charge < -0.3 is 15.8 Å². The van der Waals surface area contributed by atoms with Crippen LogP contribution in [-0.4, -0.2) is 19.5 Å². The summed E-state index contributed by atoms with van der Waals surface area (Å²) in [4.78, 5) is 0. The molecule has 3 atom stereocenters. The summed E-state index contributed by atoms with van der Waals surface area (Å²) in [5.41, 5.74) is 6.12. The Hall–Kier alpha value is -1.27. The van der Waals surface area contributed by atoms with Crippen LogP contribution in [0.1, 0.15) is 24.9 Å². The SMILES string of the molecule is CC1CC1CNC(CN)c1ccccc1OC(F)(F)F. The summed E-state index contributed by atoms with van der Waals surface area (Å²) in [5, 5.41) is 3.23. The summed E-state index contributed by atoms with van der Waals surface area (Å²) < 4.78 is 41.2. The highest BCUT2D eigenvalue weighted by Gasteiger charge is 2.34. The van der Waals surface area contributed by atoms with Crippen molar-refractivity contribution in [2.75, 3.05) is 13.1 Å². The van der Waals surface area contributed by atoms with Crippen LogP contribution in [0.25, 0.3) is 0 Å². The van der Waals surface area contributed by atoms with Gasteiger partial charge in [0, 0.05) is 18.2 Å². The summed E-state index contributed by atoms with van der Waals surface area (Å²) >= 11 is 0. The van der Waals surface area contributed by atoms with Crippen molar-refractivity contribution in [2.45, 2.75) is 25.7 Å². The predicted molar refractivity (Wildman–Crippen MR) is 70.2 cm³/mol. The molecule has 1 aliphatic carbocycles. The minimum Gasteiger partial charge on any atom is -0.405 e. The van der Waals surface area contributed by atoms with Crippen molar-refractivity contribution in [3.05, 3.63) is 29.8 Å². The van der Waals surface area contributed by atoms with E-state index in [9.17, 15) is 13.2 Å². The van der Waals surface area contributed by atoms with Gasteiger partial charge in [-0.05, 0) is 30.9 Å². The van der Waals surface area contributed by atoms with E-state index >= 15 is 0 Å². The zero-order valence-electron chi connectivity index (χ0n) is 11.3. The molecule has 0 bridgehead atoms. The van der Waals surface area contributed by atoms with Crippen LogP contribution in [-0.2, 0) is 0 Å². The van der Waals surface area contributed by atoms with Gasteiger partial charge in [0.1, 0.15) is 5.75 Å². The highest BCUT2D eigenvalue weighted by atomic mass is 19.4. The molecular formula is C14H19F3N2O. The van der Waals surface area contributed by atoms with Gasteiger partial charge in [0.2, 0.25) is 0 Å². The molecule has 0 aromatic heterocycles. The van der Waals surface area contributed by atoms with Crippen LogP contribution < -0.4 is 15.8 Å². The summed E-state index contributed by atoms with van der Waals surface area (Å²) in [7, 11) is 0. The molecule has 112 valence electrons. The van der Waals surface area contributed by atoms with E-state index in [1.54, 1.807) is 12.1 Å². The maximum Gasteiger partial charge on any atom is 0.573 e. The molecule has 6 heteroatoms.